The minimum Gasteiger partial charge on any atom is -0.424 e. The quantitative estimate of drug-likeness (QED) is 0.434. The lowest BCUT2D eigenvalue weighted by Gasteiger charge is -2.50. The summed E-state index contributed by atoms with van der Waals surface area (Å²) < 4.78 is 26.4. The van der Waals surface area contributed by atoms with Crippen molar-refractivity contribution < 1.29 is 23.1 Å². The SMILES string of the molecule is CC1(C)C[C@@H]1C(=O)N1CC2(CN(C(=O)c3cncs3)CC2c2nnc(Cc3nc(C4CCOCC4)ccc3F)o2)C1. The highest BCUT2D eigenvalue weighted by molar-refractivity contribution is 7.11. The lowest BCUT2D eigenvalue weighted by Crippen LogP contribution is -2.62. The first kappa shape index (κ1) is 26.6. The number of thiazole rings is 1. The highest BCUT2D eigenvalue weighted by Gasteiger charge is 2.61. The summed E-state index contributed by atoms with van der Waals surface area (Å²) in [7, 11) is 0. The van der Waals surface area contributed by atoms with E-state index in [2.05, 4.69) is 34.0 Å². The molecular weight excluding hydrogens is 547 g/mol. The molecule has 0 N–H and O–H groups in total. The van der Waals surface area contributed by atoms with Gasteiger partial charge in [-0.15, -0.1) is 21.5 Å². The Morgan fingerprint density at radius 2 is 1.88 bits per heavy atom. The standard InChI is InChI=1S/C29H33FN6O4S/c1-28(2)10-18(28)26(37)36-14-29(15-36)13-35(27(38)23-11-31-16-41-23)12-19(29)25-34-33-24(40-25)9-22-20(30)3-4-21(32-22)17-5-7-39-8-6-17/h3-4,11,16-19H,5-10,12-15H2,1-2H3/t18-,19?/m1/s1. The number of hydrogen-bond donors (Lipinski definition) is 0. The molecule has 1 spiro atoms. The first-order valence-electron chi connectivity index (χ1n) is 14.2. The van der Waals surface area contributed by atoms with Crippen LogP contribution in [0.5, 0.6) is 0 Å². The van der Waals surface area contributed by atoms with Crippen LogP contribution < -0.4 is 0 Å². The second-order valence-corrected chi connectivity index (χ2v) is 13.6. The number of hydrogen-bond acceptors (Lipinski definition) is 9. The number of likely N-dealkylation sites (tertiary alicyclic amines) is 2. The Balaban J connectivity index is 1.11. The third-order valence-corrected chi connectivity index (χ3v) is 10.2. The molecule has 216 valence electrons. The Morgan fingerprint density at radius 1 is 1.12 bits per heavy atom. The smallest absolute Gasteiger partial charge is 0.265 e. The van der Waals surface area contributed by atoms with E-state index in [1.165, 1.54) is 17.4 Å². The summed E-state index contributed by atoms with van der Waals surface area (Å²) in [4.78, 5) is 39.3. The molecule has 41 heavy (non-hydrogen) atoms. The number of pyridine rings is 1. The molecule has 3 aromatic rings. The third-order valence-electron chi connectivity index (χ3n) is 9.39. The Morgan fingerprint density at radius 3 is 2.59 bits per heavy atom. The van der Waals surface area contributed by atoms with Gasteiger partial charge in [0.15, 0.2) is 0 Å². The summed E-state index contributed by atoms with van der Waals surface area (Å²) in [6.07, 6.45) is 4.30. The molecule has 7 rings (SSSR count). The second-order valence-electron chi connectivity index (χ2n) is 12.7. The molecule has 1 saturated carbocycles. The number of carbonyl (C=O) groups is 2. The number of amides is 2. The zero-order valence-corrected chi connectivity index (χ0v) is 24.0. The van der Waals surface area contributed by atoms with Crippen LogP contribution in [0, 0.1) is 22.6 Å². The Labute approximate surface area is 241 Å². The molecule has 1 unspecified atom stereocenters. The topological polar surface area (TPSA) is 115 Å². The van der Waals surface area contributed by atoms with Crippen LogP contribution in [0.15, 0.2) is 28.3 Å². The fourth-order valence-electron chi connectivity index (χ4n) is 6.71. The van der Waals surface area contributed by atoms with Crippen LogP contribution in [0.25, 0.3) is 0 Å². The Hall–Kier alpha value is -3.25. The molecule has 12 heteroatoms. The number of halogens is 1. The van der Waals surface area contributed by atoms with Gasteiger partial charge in [-0.05, 0) is 36.8 Å². The first-order chi connectivity index (χ1) is 19.7. The molecule has 3 aliphatic heterocycles. The minimum atomic E-state index is -0.407. The summed E-state index contributed by atoms with van der Waals surface area (Å²) in [6.45, 7) is 7.58. The maximum Gasteiger partial charge on any atom is 0.265 e. The normalized spacial score (nSPS) is 25.0. The van der Waals surface area contributed by atoms with Crippen LogP contribution in [-0.2, 0) is 16.0 Å². The molecule has 6 heterocycles. The van der Waals surface area contributed by atoms with Gasteiger partial charge >= 0.3 is 0 Å². The van der Waals surface area contributed by atoms with Gasteiger partial charge < -0.3 is 19.0 Å². The van der Waals surface area contributed by atoms with Crippen molar-refractivity contribution in [3.05, 3.63) is 57.7 Å². The van der Waals surface area contributed by atoms with Gasteiger partial charge in [-0.1, -0.05) is 13.8 Å². The first-order valence-corrected chi connectivity index (χ1v) is 15.1. The van der Waals surface area contributed by atoms with E-state index in [0.717, 1.165) is 25.0 Å². The maximum absolute atomic E-state index is 14.8. The maximum atomic E-state index is 14.8. The van der Waals surface area contributed by atoms with E-state index in [-0.39, 0.29) is 58.4 Å². The lowest BCUT2D eigenvalue weighted by atomic mass is 9.71. The zero-order valence-electron chi connectivity index (χ0n) is 23.2. The monoisotopic (exact) mass is 580 g/mol. The van der Waals surface area contributed by atoms with E-state index < -0.39 is 5.82 Å². The highest BCUT2D eigenvalue weighted by Crippen LogP contribution is 2.55. The number of nitrogens with zero attached hydrogens (tertiary/aromatic N) is 6. The van der Waals surface area contributed by atoms with Crippen LogP contribution in [-0.4, -0.2) is 81.2 Å². The van der Waals surface area contributed by atoms with Gasteiger partial charge in [-0.2, -0.15) is 0 Å². The second kappa shape index (κ2) is 9.94. The molecule has 1 aliphatic carbocycles. The highest BCUT2D eigenvalue weighted by atomic mass is 32.1. The van der Waals surface area contributed by atoms with Gasteiger partial charge in [-0.25, -0.2) is 4.39 Å². The van der Waals surface area contributed by atoms with Crippen molar-refractivity contribution in [1.29, 1.82) is 0 Å². The molecule has 0 bridgehead atoms. The zero-order chi connectivity index (χ0) is 28.4. The van der Waals surface area contributed by atoms with E-state index in [1.807, 2.05) is 9.80 Å². The summed E-state index contributed by atoms with van der Waals surface area (Å²) in [5.74, 6) is 0.460. The van der Waals surface area contributed by atoms with Crippen LogP contribution in [0.3, 0.4) is 0 Å². The molecule has 10 nitrogen and oxygen atoms in total. The average Bonchev–Trinajstić information content (AvgIpc) is 3.46. The Bertz CT molecular complexity index is 1460. The summed E-state index contributed by atoms with van der Waals surface area (Å²) in [5.41, 5.74) is 2.46. The van der Waals surface area contributed by atoms with E-state index in [1.54, 1.807) is 17.8 Å². The van der Waals surface area contributed by atoms with E-state index in [0.29, 0.717) is 50.2 Å². The van der Waals surface area contributed by atoms with Crippen LogP contribution >= 0.6 is 11.3 Å². The predicted octanol–water partition coefficient (Wildman–Crippen LogP) is 3.66. The number of carbonyl (C=O) groups excluding carboxylic acids is 2. The number of rotatable bonds is 6. The average molecular weight is 581 g/mol. The van der Waals surface area contributed by atoms with Crippen molar-refractivity contribution in [1.82, 2.24) is 30.0 Å². The third kappa shape index (κ3) is 4.84. The van der Waals surface area contributed by atoms with Gasteiger partial charge in [0.25, 0.3) is 5.91 Å². The largest absolute Gasteiger partial charge is 0.424 e. The van der Waals surface area contributed by atoms with Gasteiger partial charge in [0.1, 0.15) is 10.7 Å². The molecule has 0 aromatic carbocycles. The fourth-order valence-corrected chi connectivity index (χ4v) is 7.30. The van der Waals surface area contributed by atoms with Crippen molar-refractivity contribution in [2.24, 2.45) is 16.7 Å². The molecule has 2 amide bonds. The van der Waals surface area contributed by atoms with Gasteiger partial charge in [0.05, 0.1) is 29.7 Å². The molecule has 3 saturated heterocycles. The summed E-state index contributed by atoms with van der Waals surface area (Å²) in [6, 6.07) is 3.21. The Kier molecular flexibility index (Phi) is 6.46. The van der Waals surface area contributed by atoms with E-state index in [4.69, 9.17) is 9.15 Å². The lowest BCUT2D eigenvalue weighted by molar-refractivity contribution is -0.146. The van der Waals surface area contributed by atoms with Crippen molar-refractivity contribution in [2.45, 2.75) is 51.4 Å². The van der Waals surface area contributed by atoms with Gasteiger partial charge in [-0.3, -0.25) is 19.6 Å². The molecule has 0 radical (unpaired) electrons. The van der Waals surface area contributed by atoms with Crippen LogP contribution in [0.4, 0.5) is 4.39 Å². The van der Waals surface area contributed by atoms with Crippen molar-refractivity contribution in [3.63, 3.8) is 0 Å². The molecular formula is C29H33FN6O4S. The summed E-state index contributed by atoms with van der Waals surface area (Å²) >= 11 is 1.31. The minimum absolute atomic E-state index is 0.0514. The van der Waals surface area contributed by atoms with Crippen molar-refractivity contribution >= 4 is 23.2 Å². The molecule has 3 aromatic heterocycles. The van der Waals surface area contributed by atoms with Gasteiger partial charge in [0.2, 0.25) is 17.7 Å². The van der Waals surface area contributed by atoms with E-state index in [9.17, 15) is 14.0 Å². The van der Waals surface area contributed by atoms with Crippen molar-refractivity contribution in [3.8, 4) is 0 Å². The summed E-state index contributed by atoms with van der Waals surface area (Å²) in [5, 5.41) is 8.64. The van der Waals surface area contributed by atoms with E-state index >= 15 is 0 Å². The molecule has 4 fully saturated rings. The van der Waals surface area contributed by atoms with Crippen molar-refractivity contribution in [2.75, 3.05) is 39.4 Å². The molecule has 4 aliphatic rings. The van der Waals surface area contributed by atoms with Crippen LogP contribution in [0.1, 0.15) is 77.8 Å². The van der Waals surface area contributed by atoms with Gasteiger partial charge in [0, 0.05) is 62.3 Å². The fraction of sp³-hybridized carbons (Fsp3) is 0.586. The number of ether oxygens (including phenoxy) is 1. The molecule has 2 atom stereocenters. The van der Waals surface area contributed by atoms with Crippen LogP contribution in [0.2, 0.25) is 0 Å². The number of aromatic nitrogens is 4. The predicted molar refractivity (Wildman–Crippen MR) is 146 cm³/mol.